The van der Waals surface area contributed by atoms with E-state index >= 15 is 0 Å². The summed E-state index contributed by atoms with van der Waals surface area (Å²) in [6.45, 7) is 3.11. The van der Waals surface area contributed by atoms with Gasteiger partial charge in [-0.3, -0.25) is 0 Å². The van der Waals surface area contributed by atoms with Crippen molar-refractivity contribution in [2.24, 2.45) is 5.92 Å². The molecule has 0 spiro atoms. The van der Waals surface area contributed by atoms with Crippen molar-refractivity contribution in [1.29, 1.82) is 0 Å². The maximum absolute atomic E-state index is 9.09. The van der Waals surface area contributed by atoms with Gasteiger partial charge in [-0.25, -0.2) is 0 Å². The van der Waals surface area contributed by atoms with Gasteiger partial charge < -0.3 is 15.2 Å². The molecule has 0 aromatic heterocycles. The Morgan fingerprint density at radius 2 is 1.74 bits per heavy atom. The van der Waals surface area contributed by atoms with Gasteiger partial charge in [-0.2, -0.15) is 0 Å². The molecule has 4 heteroatoms. The van der Waals surface area contributed by atoms with Crippen LogP contribution in [0.4, 0.5) is 0 Å². The van der Waals surface area contributed by atoms with Crippen LogP contribution in [-0.2, 0) is 0 Å². The molecule has 0 saturated carbocycles. The summed E-state index contributed by atoms with van der Waals surface area (Å²) in [5.41, 5.74) is 2.08. The van der Waals surface area contributed by atoms with Gasteiger partial charge in [0.15, 0.2) is 0 Å². The van der Waals surface area contributed by atoms with E-state index < -0.39 is 0 Å². The van der Waals surface area contributed by atoms with Gasteiger partial charge in [0.05, 0.1) is 13.2 Å². The monoisotopic (exact) mass is 333 g/mol. The molecular formula is C19H24ClNO2. The van der Waals surface area contributed by atoms with Crippen molar-refractivity contribution in [3.8, 4) is 5.75 Å². The number of nitrogens with one attached hydrogen (secondary N) is 1. The predicted octanol–water partition coefficient (Wildman–Crippen LogP) is 4.05. The molecule has 2 rings (SSSR count). The lowest BCUT2D eigenvalue weighted by molar-refractivity contribution is 0.258. The zero-order chi connectivity index (χ0) is 16.7. The Hall–Kier alpha value is -1.55. The highest BCUT2D eigenvalue weighted by Gasteiger charge is 2.20. The number of para-hydroxylation sites is 1. The molecule has 2 aromatic rings. The van der Waals surface area contributed by atoms with Crippen LogP contribution in [-0.4, -0.2) is 25.4 Å². The highest BCUT2D eigenvalue weighted by molar-refractivity contribution is 6.31. The third-order valence-corrected chi connectivity index (χ3v) is 4.30. The van der Waals surface area contributed by atoms with Crippen LogP contribution in [0.3, 0.4) is 0 Å². The highest BCUT2D eigenvalue weighted by Crippen LogP contribution is 2.33. The number of benzene rings is 2. The first kappa shape index (κ1) is 17.8. The molecule has 23 heavy (non-hydrogen) atoms. The van der Waals surface area contributed by atoms with E-state index in [-0.39, 0.29) is 12.6 Å². The summed E-state index contributed by atoms with van der Waals surface area (Å²) in [6.07, 6.45) is 0.772. The maximum Gasteiger partial charge on any atom is 0.123 e. The van der Waals surface area contributed by atoms with Crippen LogP contribution < -0.4 is 10.1 Å². The van der Waals surface area contributed by atoms with Crippen molar-refractivity contribution >= 4 is 11.6 Å². The molecule has 0 fully saturated rings. The zero-order valence-electron chi connectivity index (χ0n) is 13.6. The van der Waals surface area contributed by atoms with Crippen molar-refractivity contribution < 1.29 is 9.84 Å². The fraction of sp³-hybridized carbons (Fsp3) is 0.368. The van der Waals surface area contributed by atoms with Gasteiger partial charge in [0.2, 0.25) is 0 Å². The first-order chi connectivity index (χ1) is 11.2. The van der Waals surface area contributed by atoms with Crippen LogP contribution in [0.25, 0.3) is 0 Å². The molecule has 2 N–H and O–H groups in total. The van der Waals surface area contributed by atoms with Crippen LogP contribution in [0.15, 0.2) is 48.5 Å². The summed E-state index contributed by atoms with van der Waals surface area (Å²) in [4.78, 5) is 0. The molecule has 0 aliphatic rings. The molecule has 0 heterocycles. The molecule has 0 saturated heterocycles. The third kappa shape index (κ3) is 4.71. The minimum Gasteiger partial charge on any atom is -0.496 e. The van der Waals surface area contributed by atoms with E-state index in [4.69, 9.17) is 21.4 Å². The van der Waals surface area contributed by atoms with Gasteiger partial charge in [-0.1, -0.05) is 54.9 Å². The van der Waals surface area contributed by atoms with Crippen LogP contribution >= 0.6 is 11.6 Å². The fourth-order valence-electron chi connectivity index (χ4n) is 2.64. The number of halogens is 1. The molecule has 0 amide bonds. The molecule has 0 radical (unpaired) electrons. The Labute approximate surface area is 143 Å². The van der Waals surface area contributed by atoms with Crippen LogP contribution in [0.5, 0.6) is 5.75 Å². The number of hydrogen-bond donors (Lipinski definition) is 2. The first-order valence-corrected chi connectivity index (χ1v) is 8.26. The minimum atomic E-state index is -0.0546. The Bertz CT molecular complexity index is 618. The number of methoxy groups -OCH3 is 1. The van der Waals surface area contributed by atoms with Crippen molar-refractivity contribution in [1.82, 2.24) is 5.32 Å². The summed E-state index contributed by atoms with van der Waals surface area (Å²) < 4.78 is 5.52. The SMILES string of the molecule is COc1ccccc1C(NCC(C)CCO)c1ccccc1Cl. The van der Waals surface area contributed by atoms with Crippen LogP contribution in [0.2, 0.25) is 5.02 Å². The van der Waals surface area contributed by atoms with Crippen LogP contribution in [0, 0.1) is 5.92 Å². The lowest BCUT2D eigenvalue weighted by atomic mass is 9.96. The van der Waals surface area contributed by atoms with Crippen molar-refractivity contribution in [3.63, 3.8) is 0 Å². The second-order valence-corrected chi connectivity index (χ2v) is 6.13. The van der Waals surface area contributed by atoms with Gasteiger partial charge in [0.25, 0.3) is 0 Å². The van der Waals surface area contributed by atoms with E-state index in [0.717, 1.165) is 34.9 Å². The highest BCUT2D eigenvalue weighted by atomic mass is 35.5. The second kappa shape index (κ2) is 8.92. The lowest BCUT2D eigenvalue weighted by Gasteiger charge is -2.24. The van der Waals surface area contributed by atoms with E-state index in [1.54, 1.807) is 7.11 Å². The van der Waals surface area contributed by atoms with Gasteiger partial charge in [-0.15, -0.1) is 0 Å². The first-order valence-electron chi connectivity index (χ1n) is 7.89. The largest absolute Gasteiger partial charge is 0.496 e. The molecule has 2 unspecified atom stereocenters. The number of aliphatic hydroxyl groups excluding tert-OH is 1. The summed E-state index contributed by atoms with van der Waals surface area (Å²) in [7, 11) is 1.68. The molecule has 0 aliphatic heterocycles. The minimum absolute atomic E-state index is 0.0546. The quantitative estimate of drug-likeness (QED) is 0.766. The summed E-state index contributed by atoms with van der Waals surface area (Å²) in [5.74, 6) is 1.21. The smallest absolute Gasteiger partial charge is 0.123 e. The molecule has 0 bridgehead atoms. The third-order valence-electron chi connectivity index (χ3n) is 3.96. The van der Waals surface area contributed by atoms with E-state index in [9.17, 15) is 0 Å². The summed E-state index contributed by atoms with van der Waals surface area (Å²) >= 11 is 6.42. The summed E-state index contributed by atoms with van der Waals surface area (Å²) in [6, 6.07) is 15.8. The Morgan fingerprint density at radius 1 is 1.09 bits per heavy atom. The Balaban J connectivity index is 2.33. The van der Waals surface area contributed by atoms with Gasteiger partial charge in [0, 0.05) is 17.2 Å². The van der Waals surface area contributed by atoms with Gasteiger partial charge in [-0.05, 0) is 36.6 Å². The zero-order valence-corrected chi connectivity index (χ0v) is 14.4. The lowest BCUT2D eigenvalue weighted by Crippen LogP contribution is -2.28. The van der Waals surface area contributed by atoms with Crippen molar-refractivity contribution in [2.45, 2.75) is 19.4 Å². The topological polar surface area (TPSA) is 41.5 Å². The van der Waals surface area contributed by atoms with Gasteiger partial charge >= 0.3 is 0 Å². The number of rotatable bonds is 8. The Morgan fingerprint density at radius 3 is 2.39 bits per heavy atom. The average molecular weight is 334 g/mol. The van der Waals surface area contributed by atoms with Gasteiger partial charge in [0.1, 0.15) is 5.75 Å². The molecule has 2 aromatic carbocycles. The molecule has 3 nitrogen and oxygen atoms in total. The number of ether oxygens (including phenoxy) is 1. The fourth-order valence-corrected chi connectivity index (χ4v) is 2.89. The average Bonchev–Trinajstić information content (AvgIpc) is 2.57. The maximum atomic E-state index is 9.09. The molecule has 2 atom stereocenters. The number of hydrogen-bond acceptors (Lipinski definition) is 3. The second-order valence-electron chi connectivity index (χ2n) is 5.72. The van der Waals surface area contributed by atoms with E-state index in [1.807, 2.05) is 42.5 Å². The van der Waals surface area contributed by atoms with E-state index in [2.05, 4.69) is 18.3 Å². The van der Waals surface area contributed by atoms with Crippen LogP contribution in [0.1, 0.15) is 30.5 Å². The molecule has 124 valence electrons. The normalized spacial score (nSPS) is 13.6. The summed E-state index contributed by atoms with van der Waals surface area (Å²) in [5, 5.41) is 13.4. The molecule has 0 aliphatic carbocycles. The predicted molar refractivity (Wildman–Crippen MR) is 95.2 cm³/mol. The Kier molecular flexibility index (Phi) is 6.90. The molecular weight excluding hydrogens is 310 g/mol. The van der Waals surface area contributed by atoms with Crippen molar-refractivity contribution in [3.05, 3.63) is 64.7 Å². The van der Waals surface area contributed by atoms with Crippen molar-refractivity contribution in [2.75, 3.05) is 20.3 Å². The van der Waals surface area contributed by atoms with E-state index in [1.165, 1.54) is 0 Å². The standard InChI is InChI=1S/C19H24ClNO2/c1-14(11-12-22)13-21-19(15-7-3-5-9-17(15)20)16-8-4-6-10-18(16)23-2/h3-10,14,19,21-22H,11-13H2,1-2H3. The van der Waals surface area contributed by atoms with E-state index in [0.29, 0.717) is 5.92 Å². The number of aliphatic hydroxyl groups is 1.